The largest absolute Gasteiger partial charge is 0.435 e. The van der Waals surface area contributed by atoms with Crippen LogP contribution in [0.3, 0.4) is 0 Å². The van der Waals surface area contributed by atoms with E-state index in [0.29, 0.717) is 4.68 Å². The quantitative estimate of drug-likeness (QED) is 0.543. The first kappa shape index (κ1) is 10.7. The Morgan fingerprint density at radius 2 is 2.14 bits per heavy atom. The highest BCUT2D eigenvalue weighted by molar-refractivity contribution is 6.32. The minimum Gasteiger partial charge on any atom is -0.260 e. The summed E-state index contributed by atoms with van der Waals surface area (Å²) in [7, 11) is 1.05. The van der Waals surface area contributed by atoms with Crippen LogP contribution in [0.4, 0.5) is 18.9 Å². The zero-order valence-corrected chi connectivity index (χ0v) is 7.52. The fourth-order valence-corrected chi connectivity index (χ4v) is 1.19. The molecule has 0 fully saturated rings. The molecule has 4 nitrogen and oxygen atoms in total. The molecule has 8 heteroatoms. The molecule has 76 valence electrons. The summed E-state index contributed by atoms with van der Waals surface area (Å²) >= 11 is 5.33. The highest BCUT2D eigenvalue weighted by Gasteiger charge is 2.39. The molecule has 0 aliphatic carbocycles. The predicted molar refractivity (Wildman–Crippen MR) is 41.0 cm³/mol. The number of aromatic nitrogens is 2. The topological polar surface area (TPSA) is 47.2 Å². The zero-order valence-electron chi connectivity index (χ0n) is 6.76. The average molecular weight is 226 g/mol. The van der Waals surface area contributed by atoms with E-state index in [4.69, 9.17) is 11.6 Å². The van der Waals surface area contributed by atoms with Gasteiger partial charge in [0.1, 0.15) is 5.69 Å². The summed E-state index contributed by atoms with van der Waals surface area (Å²) in [6.45, 7) is 0. The molecule has 0 atom stereocenters. The Bertz CT molecular complexity index is 405. The summed E-state index contributed by atoms with van der Waals surface area (Å²) in [5.74, 6) is 0. The Balaban J connectivity index is 3.47. The molecule has 0 spiro atoms. The standard InChI is InChI=1S/C6H3ClF3N3O/c1-13-4(6(8,9)10)3(11-2-14)5(7)12-13/h1H3. The smallest absolute Gasteiger partial charge is 0.260 e. The summed E-state index contributed by atoms with van der Waals surface area (Å²) in [6.07, 6.45) is -3.67. The Kier molecular flexibility index (Phi) is 2.64. The fourth-order valence-electron chi connectivity index (χ4n) is 0.942. The van der Waals surface area contributed by atoms with E-state index in [1.54, 1.807) is 0 Å². The van der Waals surface area contributed by atoms with Gasteiger partial charge in [-0.2, -0.15) is 23.3 Å². The Hall–Kier alpha value is -1.33. The number of carbonyl (C=O) groups excluding carboxylic acids is 1. The second-order valence-electron chi connectivity index (χ2n) is 2.31. The number of isocyanates is 1. The molecule has 1 heterocycles. The number of halogens is 4. The molecule has 0 saturated carbocycles. The van der Waals surface area contributed by atoms with Gasteiger partial charge in [0, 0.05) is 7.05 Å². The molecular formula is C6H3ClF3N3O. The van der Waals surface area contributed by atoms with Crippen LogP contribution in [0.5, 0.6) is 0 Å². The number of alkyl halides is 3. The Labute approximate surface area is 81.0 Å². The van der Waals surface area contributed by atoms with Crippen LogP contribution < -0.4 is 0 Å². The lowest BCUT2D eigenvalue weighted by Crippen LogP contribution is -2.11. The van der Waals surface area contributed by atoms with Gasteiger partial charge in [0.25, 0.3) is 0 Å². The van der Waals surface area contributed by atoms with Crippen molar-refractivity contribution in [3.05, 3.63) is 10.8 Å². The molecule has 1 rings (SSSR count). The van der Waals surface area contributed by atoms with Crippen molar-refractivity contribution in [2.45, 2.75) is 6.18 Å². The van der Waals surface area contributed by atoms with Crippen molar-refractivity contribution in [2.24, 2.45) is 12.0 Å². The van der Waals surface area contributed by atoms with Gasteiger partial charge >= 0.3 is 6.18 Å². The molecule has 14 heavy (non-hydrogen) atoms. The monoisotopic (exact) mass is 225 g/mol. The molecule has 0 unspecified atom stereocenters. The van der Waals surface area contributed by atoms with E-state index in [1.807, 2.05) is 0 Å². The minimum atomic E-state index is -4.66. The molecule has 0 saturated heterocycles. The highest BCUT2D eigenvalue weighted by Crippen LogP contribution is 2.39. The third-order valence-electron chi connectivity index (χ3n) is 1.41. The minimum absolute atomic E-state index is 0.483. The van der Waals surface area contributed by atoms with E-state index >= 15 is 0 Å². The highest BCUT2D eigenvalue weighted by atomic mass is 35.5. The van der Waals surface area contributed by atoms with Crippen LogP contribution in [0, 0.1) is 0 Å². The van der Waals surface area contributed by atoms with Crippen LogP contribution in [0.1, 0.15) is 5.69 Å². The van der Waals surface area contributed by atoms with Crippen LogP contribution in [0.25, 0.3) is 0 Å². The fraction of sp³-hybridized carbons (Fsp3) is 0.333. The Morgan fingerprint density at radius 1 is 1.57 bits per heavy atom. The van der Waals surface area contributed by atoms with E-state index in [9.17, 15) is 18.0 Å². The second kappa shape index (κ2) is 3.43. The zero-order chi connectivity index (χ0) is 10.9. The lowest BCUT2D eigenvalue weighted by molar-refractivity contribution is -0.143. The van der Waals surface area contributed by atoms with Crippen LogP contribution in [0.2, 0.25) is 5.15 Å². The Morgan fingerprint density at radius 3 is 2.57 bits per heavy atom. The second-order valence-corrected chi connectivity index (χ2v) is 2.67. The van der Waals surface area contributed by atoms with Crippen molar-refractivity contribution in [2.75, 3.05) is 0 Å². The van der Waals surface area contributed by atoms with E-state index in [0.717, 1.165) is 13.1 Å². The third-order valence-corrected chi connectivity index (χ3v) is 1.66. The molecule has 0 N–H and O–H groups in total. The summed E-state index contributed by atoms with van der Waals surface area (Å²) in [5.41, 5.74) is -1.89. The van der Waals surface area contributed by atoms with Crippen LogP contribution in [0.15, 0.2) is 4.99 Å². The van der Waals surface area contributed by atoms with Crippen molar-refractivity contribution in [3.8, 4) is 0 Å². The molecule has 0 bridgehead atoms. The van der Waals surface area contributed by atoms with Gasteiger partial charge in [-0.3, -0.25) is 4.68 Å². The number of hydrogen-bond acceptors (Lipinski definition) is 3. The normalized spacial score (nSPS) is 11.2. The van der Waals surface area contributed by atoms with Crippen molar-refractivity contribution >= 4 is 23.4 Å². The van der Waals surface area contributed by atoms with Crippen molar-refractivity contribution in [1.29, 1.82) is 0 Å². The van der Waals surface area contributed by atoms with Crippen LogP contribution in [-0.2, 0) is 18.0 Å². The van der Waals surface area contributed by atoms with Crippen LogP contribution in [-0.4, -0.2) is 15.9 Å². The lowest BCUT2D eigenvalue weighted by atomic mass is 10.3. The van der Waals surface area contributed by atoms with Gasteiger partial charge in [0.2, 0.25) is 6.08 Å². The maximum absolute atomic E-state index is 12.3. The maximum atomic E-state index is 12.3. The summed E-state index contributed by atoms with van der Waals surface area (Å²) in [4.78, 5) is 12.7. The number of rotatable bonds is 1. The van der Waals surface area contributed by atoms with Gasteiger partial charge in [0.05, 0.1) is 0 Å². The first-order valence-corrected chi connectivity index (χ1v) is 3.63. The molecule has 1 aromatic rings. The first-order chi connectivity index (χ1) is 6.38. The van der Waals surface area contributed by atoms with Crippen molar-refractivity contribution in [3.63, 3.8) is 0 Å². The average Bonchev–Trinajstić information content (AvgIpc) is 2.26. The molecular weight excluding hydrogens is 223 g/mol. The summed E-state index contributed by atoms with van der Waals surface area (Å²) in [6, 6.07) is 0. The summed E-state index contributed by atoms with van der Waals surface area (Å²) < 4.78 is 37.5. The third kappa shape index (κ3) is 1.78. The van der Waals surface area contributed by atoms with Gasteiger partial charge in [0.15, 0.2) is 10.8 Å². The van der Waals surface area contributed by atoms with E-state index in [1.165, 1.54) is 0 Å². The van der Waals surface area contributed by atoms with Gasteiger partial charge in [-0.05, 0) is 0 Å². The maximum Gasteiger partial charge on any atom is 0.435 e. The van der Waals surface area contributed by atoms with Gasteiger partial charge in [-0.1, -0.05) is 11.6 Å². The van der Waals surface area contributed by atoms with E-state index in [-0.39, 0.29) is 0 Å². The van der Waals surface area contributed by atoms with Gasteiger partial charge < -0.3 is 0 Å². The number of aliphatic imine (C=N–C) groups is 1. The number of nitrogens with zero attached hydrogens (tertiary/aromatic N) is 3. The lowest BCUT2D eigenvalue weighted by Gasteiger charge is -2.06. The van der Waals surface area contributed by atoms with E-state index in [2.05, 4.69) is 10.1 Å². The predicted octanol–water partition coefficient (Wildman–Crippen LogP) is 2.06. The molecule has 1 aromatic heterocycles. The molecule has 0 amide bonds. The molecule has 0 aromatic carbocycles. The number of aryl methyl sites for hydroxylation is 1. The van der Waals surface area contributed by atoms with E-state index < -0.39 is 22.7 Å². The van der Waals surface area contributed by atoms with Crippen LogP contribution >= 0.6 is 11.6 Å². The molecule has 0 radical (unpaired) electrons. The van der Waals surface area contributed by atoms with Crippen molar-refractivity contribution < 1.29 is 18.0 Å². The van der Waals surface area contributed by atoms with Gasteiger partial charge in [-0.25, -0.2) is 4.79 Å². The number of hydrogen-bond donors (Lipinski definition) is 0. The van der Waals surface area contributed by atoms with Gasteiger partial charge in [-0.15, -0.1) is 0 Å². The van der Waals surface area contributed by atoms with Crippen molar-refractivity contribution in [1.82, 2.24) is 9.78 Å². The first-order valence-electron chi connectivity index (χ1n) is 3.25. The molecule has 0 aliphatic heterocycles. The summed E-state index contributed by atoms with van der Waals surface area (Å²) in [5, 5.41) is 2.80. The molecule has 0 aliphatic rings. The SMILES string of the molecule is Cn1nc(Cl)c(N=C=O)c1C(F)(F)F.